The quantitative estimate of drug-likeness (QED) is 0.603. The van der Waals surface area contributed by atoms with Gasteiger partial charge in [-0.15, -0.1) is 6.58 Å². The van der Waals surface area contributed by atoms with Gasteiger partial charge in [0.2, 0.25) is 5.91 Å². The van der Waals surface area contributed by atoms with Crippen LogP contribution < -0.4 is 5.32 Å². The number of aliphatic imine (C=N–C) groups is 1. The van der Waals surface area contributed by atoms with Crippen LogP contribution in [0.5, 0.6) is 0 Å². The fraction of sp³-hybridized carbons (Fsp3) is 0.316. The third-order valence-corrected chi connectivity index (χ3v) is 4.48. The van der Waals surface area contributed by atoms with Gasteiger partial charge in [0.15, 0.2) is 5.17 Å². The van der Waals surface area contributed by atoms with Crippen LogP contribution >= 0.6 is 11.8 Å². The zero-order chi connectivity index (χ0) is 18.2. The number of hydrogen-bond acceptors (Lipinski definition) is 4. The Kier molecular flexibility index (Phi) is 7.01. The van der Waals surface area contributed by atoms with Gasteiger partial charge in [-0.25, -0.2) is 4.99 Å². The Balaban J connectivity index is 2.14. The number of nitrogens with one attached hydrogen (secondary N) is 1. The van der Waals surface area contributed by atoms with Gasteiger partial charge >= 0.3 is 0 Å². The Bertz CT molecular complexity index is 708. The molecule has 0 saturated carbocycles. The lowest BCUT2D eigenvalue weighted by Crippen LogP contribution is -2.32. The molecule has 0 atom stereocenters. The van der Waals surface area contributed by atoms with Crippen LogP contribution in [0.3, 0.4) is 0 Å². The first-order chi connectivity index (χ1) is 12.0. The van der Waals surface area contributed by atoms with Crippen molar-refractivity contribution in [2.24, 2.45) is 4.99 Å². The van der Waals surface area contributed by atoms with Crippen molar-refractivity contribution in [3.63, 3.8) is 0 Å². The molecule has 0 fully saturated rings. The van der Waals surface area contributed by atoms with Gasteiger partial charge in [0.25, 0.3) is 5.91 Å². The minimum Gasteiger partial charge on any atom is -0.355 e. The highest BCUT2D eigenvalue weighted by atomic mass is 32.2. The standard InChI is InChI=1S/C19H23N3O2S/c1-4-10-20-17(23)13-25-19-21-16(18(24)22(19)11-5-2)12-15-8-6-14(3)7-9-15/h5-9,12H,2,4,10-11,13H2,1,3H3,(H,20,23). The molecule has 132 valence electrons. The van der Waals surface area contributed by atoms with E-state index in [9.17, 15) is 9.59 Å². The number of carbonyl (C=O) groups excluding carboxylic acids is 2. The van der Waals surface area contributed by atoms with Crippen LogP contribution in [0.1, 0.15) is 24.5 Å². The van der Waals surface area contributed by atoms with Crippen LogP contribution in [0, 0.1) is 6.92 Å². The number of thioether (sulfide) groups is 1. The van der Waals surface area contributed by atoms with Gasteiger partial charge in [-0.3, -0.25) is 14.5 Å². The van der Waals surface area contributed by atoms with E-state index in [0.717, 1.165) is 17.5 Å². The molecular formula is C19H23N3O2S. The van der Waals surface area contributed by atoms with Crippen LogP contribution in [-0.2, 0) is 9.59 Å². The predicted molar refractivity (Wildman–Crippen MR) is 104 cm³/mol. The Morgan fingerprint density at radius 3 is 2.72 bits per heavy atom. The molecular weight excluding hydrogens is 334 g/mol. The van der Waals surface area contributed by atoms with E-state index in [1.807, 2.05) is 38.1 Å². The SMILES string of the molecule is C=CCN1C(=O)C(=Cc2ccc(C)cc2)N=C1SCC(=O)NCCC. The molecule has 2 amide bonds. The Morgan fingerprint density at radius 1 is 1.36 bits per heavy atom. The van der Waals surface area contributed by atoms with E-state index in [2.05, 4.69) is 16.9 Å². The predicted octanol–water partition coefficient (Wildman–Crippen LogP) is 2.98. The minimum atomic E-state index is -0.169. The smallest absolute Gasteiger partial charge is 0.278 e. The molecule has 0 unspecified atom stereocenters. The number of amides is 2. The van der Waals surface area contributed by atoms with E-state index < -0.39 is 0 Å². The van der Waals surface area contributed by atoms with E-state index in [0.29, 0.717) is 24.0 Å². The molecule has 1 aromatic rings. The topological polar surface area (TPSA) is 61.8 Å². The minimum absolute atomic E-state index is 0.0588. The summed E-state index contributed by atoms with van der Waals surface area (Å²) in [5, 5.41) is 3.35. The number of nitrogens with zero attached hydrogens (tertiary/aromatic N) is 2. The number of rotatable bonds is 7. The maximum absolute atomic E-state index is 12.6. The highest BCUT2D eigenvalue weighted by Crippen LogP contribution is 2.24. The Morgan fingerprint density at radius 2 is 2.08 bits per heavy atom. The second-order valence-electron chi connectivity index (χ2n) is 5.68. The van der Waals surface area contributed by atoms with Crippen molar-refractivity contribution < 1.29 is 9.59 Å². The van der Waals surface area contributed by atoms with Crippen LogP contribution in [0.4, 0.5) is 0 Å². The lowest BCUT2D eigenvalue weighted by atomic mass is 10.1. The molecule has 0 aliphatic carbocycles. The molecule has 1 aliphatic heterocycles. The van der Waals surface area contributed by atoms with Crippen LogP contribution in [-0.4, -0.2) is 40.7 Å². The molecule has 1 heterocycles. The fourth-order valence-electron chi connectivity index (χ4n) is 2.20. The molecule has 1 aromatic carbocycles. The second-order valence-corrected chi connectivity index (χ2v) is 6.62. The fourth-order valence-corrected chi connectivity index (χ4v) is 3.04. The molecule has 0 radical (unpaired) electrons. The highest BCUT2D eigenvalue weighted by Gasteiger charge is 2.29. The van der Waals surface area contributed by atoms with Crippen molar-refractivity contribution >= 4 is 34.8 Å². The summed E-state index contributed by atoms with van der Waals surface area (Å²) in [5.41, 5.74) is 2.45. The molecule has 1 N–H and O–H groups in total. The summed E-state index contributed by atoms with van der Waals surface area (Å²) in [6, 6.07) is 7.88. The molecule has 2 rings (SSSR count). The monoisotopic (exact) mass is 357 g/mol. The summed E-state index contributed by atoms with van der Waals surface area (Å²) in [7, 11) is 0. The third kappa shape index (κ3) is 5.32. The molecule has 5 nitrogen and oxygen atoms in total. The molecule has 0 bridgehead atoms. The van der Waals surface area contributed by atoms with Gasteiger partial charge in [0.05, 0.1) is 5.75 Å². The maximum Gasteiger partial charge on any atom is 0.278 e. The Labute approximate surface area is 152 Å². The average Bonchev–Trinajstić information content (AvgIpc) is 2.89. The first kappa shape index (κ1) is 19.0. The number of benzene rings is 1. The van der Waals surface area contributed by atoms with Gasteiger partial charge in [0, 0.05) is 13.1 Å². The molecule has 1 aliphatic rings. The number of carbonyl (C=O) groups is 2. The van der Waals surface area contributed by atoms with Crippen molar-refractivity contribution in [2.75, 3.05) is 18.8 Å². The van der Waals surface area contributed by atoms with Gasteiger partial charge in [-0.1, -0.05) is 54.6 Å². The molecule has 6 heteroatoms. The summed E-state index contributed by atoms with van der Waals surface area (Å²) in [4.78, 5) is 30.3. The van der Waals surface area contributed by atoms with E-state index in [1.54, 1.807) is 17.1 Å². The van der Waals surface area contributed by atoms with E-state index in [4.69, 9.17) is 0 Å². The van der Waals surface area contributed by atoms with Gasteiger partial charge in [-0.2, -0.15) is 0 Å². The van der Waals surface area contributed by atoms with Gasteiger partial charge in [0.1, 0.15) is 5.70 Å². The summed E-state index contributed by atoms with van der Waals surface area (Å²) >= 11 is 1.27. The zero-order valence-electron chi connectivity index (χ0n) is 14.6. The summed E-state index contributed by atoms with van der Waals surface area (Å²) in [6.07, 6.45) is 4.31. The third-order valence-electron chi connectivity index (χ3n) is 3.51. The molecule has 25 heavy (non-hydrogen) atoms. The second kappa shape index (κ2) is 9.22. The Hall–Kier alpha value is -2.34. The van der Waals surface area contributed by atoms with Crippen LogP contribution in [0.15, 0.2) is 47.6 Å². The lowest BCUT2D eigenvalue weighted by molar-refractivity contribution is -0.122. The number of amidine groups is 1. The van der Waals surface area contributed by atoms with Crippen LogP contribution in [0.25, 0.3) is 6.08 Å². The van der Waals surface area contributed by atoms with E-state index in [1.165, 1.54) is 11.8 Å². The van der Waals surface area contributed by atoms with Crippen molar-refractivity contribution in [1.82, 2.24) is 10.2 Å². The van der Waals surface area contributed by atoms with Crippen molar-refractivity contribution in [3.8, 4) is 0 Å². The van der Waals surface area contributed by atoms with E-state index >= 15 is 0 Å². The normalized spacial score (nSPS) is 15.4. The molecule has 0 saturated heterocycles. The summed E-state index contributed by atoms with van der Waals surface area (Å²) < 4.78 is 0. The highest BCUT2D eigenvalue weighted by molar-refractivity contribution is 8.14. The number of hydrogen-bond donors (Lipinski definition) is 1. The maximum atomic E-state index is 12.6. The average molecular weight is 357 g/mol. The van der Waals surface area contributed by atoms with Crippen molar-refractivity contribution in [1.29, 1.82) is 0 Å². The lowest BCUT2D eigenvalue weighted by Gasteiger charge is -2.15. The summed E-state index contributed by atoms with van der Waals surface area (Å²) in [5.74, 6) is 0.00542. The van der Waals surface area contributed by atoms with E-state index in [-0.39, 0.29) is 17.6 Å². The summed E-state index contributed by atoms with van der Waals surface area (Å²) in [6.45, 7) is 8.73. The largest absolute Gasteiger partial charge is 0.355 e. The van der Waals surface area contributed by atoms with Crippen LogP contribution in [0.2, 0.25) is 0 Å². The van der Waals surface area contributed by atoms with Gasteiger partial charge in [-0.05, 0) is 25.0 Å². The molecule has 0 aromatic heterocycles. The number of aryl methyl sites for hydroxylation is 1. The van der Waals surface area contributed by atoms with Gasteiger partial charge < -0.3 is 5.32 Å². The first-order valence-electron chi connectivity index (χ1n) is 8.24. The molecule has 0 spiro atoms. The zero-order valence-corrected chi connectivity index (χ0v) is 15.4. The van der Waals surface area contributed by atoms with Crippen molar-refractivity contribution in [2.45, 2.75) is 20.3 Å². The first-order valence-corrected chi connectivity index (χ1v) is 9.23. The van der Waals surface area contributed by atoms with Crippen molar-refractivity contribution in [3.05, 3.63) is 53.7 Å².